The predicted octanol–water partition coefficient (Wildman–Crippen LogP) is 5.07. The van der Waals surface area contributed by atoms with Crippen molar-refractivity contribution in [2.45, 2.75) is 19.2 Å². The molecule has 3 rings (SSSR count). The zero-order valence-corrected chi connectivity index (χ0v) is 16.1. The highest BCUT2D eigenvalue weighted by Gasteiger charge is 2.36. The summed E-state index contributed by atoms with van der Waals surface area (Å²) in [5, 5.41) is 1.80. The summed E-state index contributed by atoms with van der Waals surface area (Å²) in [5.41, 5.74) is -0.749. The molecule has 0 aromatic heterocycles. The number of nitrogens with one attached hydrogen (secondary N) is 1. The van der Waals surface area contributed by atoms with Gasteiger partial charge >= 0.3 is 12.1 Å². The monoisotopic (exact) mass is 449 g/mol. The minimum absolute atomic E-state index is 0.0624. The number of carbonyl (C=O) groups is 2. The van der Waals surface area contributed by atoms with Crippen LogP contribution in [0.5, 0.6) is 17.2 Å². The third-order valence-electron chi connectivity index (χ3n) is 3.74. The van der Waals surface area contributed by atoms with Gasteiger partial charge < -0.3 is 19.5 Å². The number of hydrogen-bond donors (Lipinski definition) is 1. The summed E-state index contributed by atoms with van der Waals surface area (Å²) < 4.78 is 54.2. The summed E-state index contributed by atoms with van der Waals surface area (Å²) in [5.74, 6) is -1.55. The number of alkyl halides is 3. The fraction of sp³-hybridized carbons (Fsp3) is 0.222. The van der Waals surface area contributed by atoms with Crippen molar-refractivity contribution >= 4 is 40.8 Å². The highest BCUT2D eigenvalue weighted by molar-refractivity contribution is 6.37. The van der Waals surface area contributed by atoms with Crippen LogP contribution in [0.1, 0.15) is 12.5 Å². The first-order chi connectivity index (χ1) is 13.6. The SMILES string of the molecule is CCOC(=O)C1Oc2cc(Oc3c(Cl)cc(C(F)(F)F)cc3Cl)ccc2NC1=O. The van der Waals surface area contributed by atoms with E-state index in [9.17, 15) is 22.8 Å². The maximum Gasteiger partial charge on any atom is 0.416 e. The third-order valence-corrected chi connectivity index (χ3v) is 4.30. The number of fused-ring (bicyclic) bond motifs is 1. The highest BCUT2D eigenvalue weighted by Crippen LogP contribution is 2.43. The van der Waals surface area contributed by atoms with Gasteiger partial charge in [-0.3, -0.25) is 4.79 Å². The molecule has 0 fully saturated rings. The number of halogens is 5. The van der Waals surface area contributed by atoms with Crippen molar-refractivity contribution in [2.75, 3.05) is 11.9 Å². The van der Waals surface area contributed by atoms with Gasteiger partial charge in [0.2, 0.25) is 0 Å². The van der Waals surface area contributed by atoms with Crippen LogP contribution >= 0.6 is 23.2 Å². The van der Waals surface area contributed by atoms with E-state index in [1.165, 1.54) is 18.2 Å². The van der Waals surface area contributed by atoms with E-state index < -0.39 is 29.7 Å². The molecule has 2 aromatic rings. The Kier molecular flexibility index (Phi) is 5.81. The summed E-state index contributed by atoms with van der Waals surface area (Å²) >= 11 is 11.8. The van der Waals surface area contributed by atoms with Crippen molar-refractivity contribution in [3.8, 4) is 17.2 Å². The molecule has 1 N–H and O–H groups in total. The average molecular weight is 450 g/mol. The van der Waals surface area contributed by atoms with Crippen molar-refractivity contribution in [3.05, 3.63) is 45.9 Å². The normalized spacial score (nSPS) is 15.8. The lowest BCUT2D eigenvalue weighted by molar-refractivity contribution is -0.155. The summed E-state index contributed by atoms with van der Waals surface area (Å²) in [6.45, 7) is 1.64. The van der Waals surface area contributed by atoms with Crippen LogP contribution in [0.15, 0.2) is 30.3 Å². The third kappa shape index (κ3) is 4.51. The molecule has 1 unspecified atom stereocenters. The Bertz CT molecular complexity index is 957. The Morgan fingerprint density at radius 3 is 2.45 bits per heavy atom. The zero-order chi connectivity index (χ0) is 21.3. The molecule has 29 heavy (non-hydrogen) atoms. The molecular formula is C18H12Cl2F3NO5. The maximum absolute atomic E-state index is 12.8. The van der Waals surface area contributed by atoms with Crippen LogP contribution in [-0.4, -0.2) is 24.6 Å². The molecule has 0 saturated carbocycles. The highest BCUT2D eigenvalue weighted by atomic mass is 35.5. The first kappa shape index (κ1) is 21.1. The zero-order valence-electron chi connectivity index (χ0n) is 14.6. The van der Waals surface area contributed by atoms with E-state index in [2.05, 4.69) is 5.32 Å². The van der Waals surface area contributed by atoms with Crippen molar-refractivity contribution in [1.29, 1.82) is 0 Å². The van der Waals surface area contributed by atoms with Gasteiger partial charge in [0, 0.05) is 6.07 Å². The van der Waals surface area contributed by atoms with Gasteiger partial charge in [0.05, 0.1) is 27.9 Å². The molecule has 6 nitrogen and oxygen atoms in total. The van der Waals surface area contributed by atoms with Gasteiger partial charge in [-0.15, -0.1) is 0 Å². The second-order valence-corrected chi connectivity index (χ2v) is 6.58. The molecule has 0 aliphatic carbocycles. The van der Waals surface area contributed by atoms with Crippen molar-refractivity contribution in [2.24, 2.45) is 0 Å². The molecule has 11 heteroatoms. The van der Waals surface area contributed by atoms with Crippen molar-refractivity contribution in [1.82, 2.24) is 0 Å². The quantitative estimate of drug-likeness (QED) is 0.521. The summed E-state index contributed by atoms with van der Waals surface area (Å²) in [6, 6.07) is 5.54. The molecule has 1 aliphatic heterocycles. The second kappa shape index (κ2) is 8.00. The summed E-state index contributed by atoms with van der Waals surface area (Å²) in [7, 11) is 0. The Morgan fingerprint density at radius 2 is 1.86 bits per heavy atom. The molecule has 0 radical (unpaired) electrons. The molecule has 154 valence electrons. The number of amides is 1. The summed E-state index contributed by atoms with van der Waals surface area (Å²) in [4.78, 5) is 23.8. The molecule has 0 saturated heterocycles. The minimum Gasteiger partial charge on any atom is -0.466 e. The van der Waals surface area contributed by atoms with E-state index in [4.69, 9.17) is 37.4 Å². The van der Waals surface area contributed by atoms with Crippen LogP contribution in [-0.2, 0) is 20.5 Å². The molecule has 2 aromatic carbocycles. The smallest absolute Gasteiger partial charge is 0.416 e. The second-order valence-electron chi connectivity index (χ2n) is 5.77. The molecule has 0 bridgehead atoms. The van der Waals surface area contributed by atoms with Crippen LogP contribution in [0, 0.1) is 0 Å². The number of ether oxygens (including phenoxy) is 3. The Hall–Kier alpha value is -2.65. The van der Waals surface area contributed by atoms with Crippen LogP contribution in [0.2, 0.25) is 10.0 Å². The number of anilines is 1. The molecule has 1 aliphatic rings. The largest absolute Gasteiger partial charge is 0.466 e. The minimum atomic E-state index is -4.62. The first-order valence-electron chi connectivity index (χ1n) is 8.12. The van der Waals surface area contributed by atoms with Gasteiger partial charge in [0.25, 0.3) is 12.0 Å². The molecule has 0 spiro atoms. The molecule has 1 amide bonds. The lowest BCUT2D eigenvalue weighted by atomic mass is 10.2. The number of carbonyl (C=O) groups excluding carboxylic acids is 2. The van der Waals surface area contributed by atoms with Crippen LogP contribution < -0.4 is 14.8 Å². The fourth-order valence-electron chi connectivity index (χ4n) is 2.46. The Balaban J connectivity index is 1.87. The van der Waals surface area contributed by atoms with Gasteiger partial charge in [-0.25, -0.2) is 4.79 Å². The van der Waals surface area contributed by atoms with Gasteiger partial charge in [0.15, 0.2) is 5.75 Å². The van der Waals surface area contributed by atoms with Gasteiger partial charge in [0.1, 0.15) is 11.5 Å². The number of esters is 1. The molecule has 1 atom stereocenters. The fourth-order valence-corrected chi connectivity index (χ4v) is 3.02. The summed E-state index contributed by atoms with van der Waals surface area (Å²) in [6.07, 6.45) is -6.12. The average Bonchev–Trinajstić information content (AvgIpc) is 2.63. The predicted molar refractivity (Wildman–Crippen MR) is 97.7 cm³/mol. The molecule has 1 heterocycles. The molecular weight excluding hydrogens is 438 g/mol. The Labute approximate surface area is 172 Å². The lowest BCUT2D eigenvalue weighted by Crippen LogP contribution is -2.43. The van der Waals surface area contributed by atoms with E-state index in [0.717, 1.165) is 0 Å². The van der Waals surface area contributed by atoms with E-state index in [-0.39, 0.29) is 39.6 Å². The van der Waals surface area contributed by atoms with Crippen LogP contribution in [0.3, 0.4) is 0 Å². The topological polar surface area (TPSA) is 73.9 Å². The van der Waals surface area contributed by atoms with Crippen LogP contribution in [0.25, 0.3) is 0 Å². The number of rotatable bonds is 4. The maximum atomic E-state index is 12.8. The van der Waals surface area contributed by atoms with Crippen molar-refractivity contribution in [3.63, 3.8) is 0 Å². The van der Waals surface area contributed by atoms with Gasteiger partial charge in [-0.05, 0) is 31.2 Å². The lowest BCUT2D eigenvalue weighted by Gasteiger charge is -2.24. The van der Waals surface area contributed by atoms with Gasteiger partial charge in [-0.2, -0.15) is 13.2 Å². The van der Waals surface area contributed by atoms with E-state index in [1.807, 2.05) is 0 Å². The number of hydrogen-bond acceptors (Lipinski definition) is 5. The van der Waals surface area contributed by atoms with Crippen LogP contribution in [0.4, 0.5) is 18.9 Å². The van der Waals surface area contributed by atoms with E-state index in [0.29, 0.717) is 12.1 Å². The van der Waals surface area contributed by atoms with Crippen molar-refractivity contribution < 1.29 is 37.0 Å². The van der Waals surface area contributed by atoms with Gasteiger partial charge in [-0.1, -0.05) is 23.2 Å². The first-order valence-corrected chi connectivity index (χ1v) is 8.88. The van der Waals surface area contributed by atoms with E-state index >= 15 is 0 Å². The Morgan fingerprint density at radius 1 is 1.21 bits per heavy atom. The standard InChI is InChI=1S/C18H12Cl2F3NO5/c1-2-27-17(26)15-16(25)24-12-4-3-9(7-13(12)29-15)28-14-10(19)5-8(6-11(14)20)18(21,22)23/h3-7,15H,2H2,1H3,(H,24,25). The van der Waals surface area contributed by atoms with E-state index in [1.54, 1.807) is 6.92 Å². The number of benzene rings is 2.